The van der Waals surface area contributed by atoms with Gasteiger partial charge in [0.05, 0.1) is 0 Å². The highest BCUT2D eigenvalue weighted by Crippen LogP contribution is 1.98. The van der Waals surface area contributed by atoms with Gasteiger partial charge in [-0.25, -0.2) is 0 Å². The minimum atomic E-state index is 0.198. The zero-order valence-corrected chi connectivity index (χ0v) is 5.22. The number of hydrogen-bond donors (Lipinski definition) is 2. The fourth-order valence-corrected chi connectivity index (χ4v) is 0.724. The van der Waals surface area contributed by atoms with E-state index in [4.69, 9.17) is 5.11 Å². The average molecular weight is 124 g/mol. The molecule has 0 unspecified atom stereocenters. The normalized spacial score (nSPS) is 16.8. The summed E-state index contributed by atoms with van der Waals surface area (Å²) >= 11 is 0. The maximum absolute atomic E-state index is 8.49. The topological polar surface area (TPSA) is 32.3 Å². The van der Waals surface area contributed by atoms with Crippen LogP contribution in [0.2, 0.25) is 0 Å². The predicted molar refractivity (Wildman–Crippen MR) is 35.6 cm³/mol. The second-order valence-corrected chi connectivity index (χ2v) is 1.88. The van der Waals surface area contributed by atoms with E-state index in [1.165, 1.54) is 0 Å². The molecule has 0 spiro atoms. The summed E-state index contributed by atoms with van der Waals surface area (Å²) < 4.78 is 0. The molecule has 1 radical (unpaired) electrons. The molecule has 0 aromatic carbocycles. The third-order valence-electron chi connectivity index (χ3n) is 1.17. The average Bonchev–Trinajstić information content (AvgIpc) is 1.91. The number of rotatable bonds is 2. The molecule has 0 atom stereocenters. The summed E-state index contributed by atoms with van der Waals surface area (Å²) in [4.78, 5) is 0. The Bertz CT molecular complexity index is 138. The van der Waals surface area contributed by atoms with Gasteiger partial charge < -0.3 is 10.4 Å². The standard InChI is InChI=1S/C7H10NO/c9-6-4-7-3-1-2-5-8-7/h1-2,8-9H,4-6H2. The van der Waals surface area contributed by atoms with Crippen LogP contribution in [-0.4, -0.2) is 18.3 Å². The van der Waals surface area contributed by atoms with Crippen molar-refractivity contribution in [1.82, 2.24) is 5.32 Å². The molecule has 0 bridgehead atoms. The fraction of sp³-hybridized carbons (Fsp3) is 0.429. The number of aliphatic hydroxyl groups is 1. The van der Waals surface area contributed by atoms with E-state index in [0.29, 0.717) is 6.42 Å². The van der Waals surface area contributed by atoms with Gasteiger partial charge in [-0.1, -0.05) is 12.2 Å². The molecule has 1 heterocycles. The maximum atomic E-state index is 8.49. The maximum Gasteiger partial charge on any atom is 0.0485 e. The van der Waals surface area contributed by atoms with E-state index in [1.807, 2.05) is 12.2 Å². The van der Waals surface area contributed by atoms with Crippen LogP contribution in [0, 0.1) is 6.08 Å². The highest BCUT2D eigenvalue weighted by molar-refractivity contribution is 5.10. The molecule has 0 aliphatic carbocycles. The van der Waals surface area contributed by atoms with Crippen molar-refractivity contribution >= 4 is 0 Å². The molecule has 49 valence electrons. The lowest BCUT2D eigenvalue weighted by Gasteiger charge is -2.08. The smallest absolute Gasteiger partial charge is 0.0485 e. The van der Waals surface area contributed by atoms with Crippen LogP contribution in [-0.2, 0) is 0 Å². The van der Waals surface area contributed by atoms with Gasteiger partial charge >= 0.3 is 0 Å². The van der Waals surface area contributed by atoms with Gasteiger partial charge in [-0.2, -0.15) is 0 Å². The molecule has 0 amide bonds. The van der Waals surface area contributed by atoms with E-state index < -0.39 is 0 Å². The van der Waals surface area contributed by atoms with Crippen molar-refractivity contribution < 1.29 is 5.11 Å². The Hall–Kier alpha value is -0.760. The zero-order valence-electron chi connectivity index (χ0n) is 5.22. The van der Waals surface area contributed by atoms with Gasteiger partial charge in [-0.05, 0) is 0 Å². The summed E-state index contributed by atoms with van der Waals surface area (Å²) in [6.45, 7) is 1.06. The first-order valence-corrected chi connectivity index (χ1v) is 3.05. The van der Waals surface area contributed by atoms with Crippen LogP contribution in [0.5, 0.6) is 0 Å². The number of nitrogens with one attached hydrogen (secondary N) is 1. The van der Waals surface area contributed by atoms with Gasteiger partial charge in [0, 0.05) is 31.3 Å². The number of allylic oxidation sites excluding steroid dienone is 2. The minimum Gasteiger partial charge on any atom is -0.396 e. The van der Waals surface area contributed by atoms with Crippen LogP contribution in [0.4, 0.5) is 0 Å². The third-order valence-corrected chi connectivity index (χ3v) is 1.17. The molecular weight excluding hydrogens is 114 g/mol. The van der Waals surface area contributed by atoms with Gasteiger partial charge in [-0.3, -0.25) is 0 Å². The second-order valence-electron chi connectivity index (χ2n) is 1.88. The van der Waals surface area contributed by atoms with Crippen molar-refractivity contribution in [2.75, 3.05) is 13.2 Å². The van der Waals surface area contributed by atoms with E-state index >= 15 is 0 Å². The molecular formula is C7H10NO. The number of aliphatic hydroxyl groups excluding tert-OH is 1. The molecule has 1 aliphatic rings. The zero-order chi connectivity index (χ0) is 6.53. The Morgan fingerprint density at radius 3 is 3.22 bits per heavy atom. The molecule has 0 saturated heterocycles. The predicted octanol–water partition coefficient (Wildman–Crippen LogP) is 0.215. The van der Waals surface area contributed by atoms with Crippen LogP contribution >= 0.6 is 0 Å². The third kappa shape index (κ3) is 1.90. The molecule has 9 heavy (non-hydrogen) atoms. The van der Waals surface area contributed by atoms with Gasteiger partial charge in [0.15, 0.2) is 0 Å². The van der Waals surface area contributed by atoms with Crippen LogP contribution < -0.4 is 5.32 Å². The lowest BCUT2D eigenvalue weighted by molar-refractivity contribution is 0.296. The number of dihydropyridines is 1. The van der Waals surface area contributed by atoms with Gasteiger partial charge in [0.2, 0.25) is 0 Å². The van der Waals surface area contributed by atoms with E-state index in [1.54, 1.807) is 0 Å². The van der Waals surface area contributed by atoms with E-state index in [-0.39, 0.29) is 6.61 Å². The Balaban J connectivity index is 2.38. The lowest BCUT2D eigenvalue weighted by atomic mass is 10.2. The molecule has 0 fully saturated rings. The Labute approximate surface area is 54.9 Å². The first kappa shape index (κ1) is 6.36. The van der Waals surface area contributed by atoms with Gasteiger partial charge in [0.1, 0.15) is 0 Å². The molecule has 0 aromatic heterocycles. The van der Waals surface area contributed by atoms with Crippen LogP contribution in [0.3, 0.4) is 0 Å². The first-order chi connectivity index (χ1) is 4.43. The SMILES string of the molecule is OCCC1=[C]C=CCN1. The summed E-state index contributed by atoms with van der Waals surface area (Å²) in [5.41, 5.74) is 1.00. The highest BCUT2D eigenvalue weighted by Gasteiger charge is 1.95. The molecule has 1 aliphatic heterocycles. The van der Waals surface area contributed by atoms with Crippen molar-refractivity contribution in [3.8, 4) is 0 Å². The summed E-state index contributed by atoms with van der Waals surface area (Å²) in [6.07, 6.45) is 7.53. The van der Waals surface area contributed by atoms with Crippen LogP contribution in [0.15, 0.2) is 17.8 Å². The monoisotopic (exact) mass is 124 g/mol. The fourth-order valence-electron chi connectivity index (χ4n) is 0.724. The Morgan fingerprint density at radius 1 is 1.78 bits per heavy atom. The molecule has 2 nitrogen and oxygen atoms in total. The van der Waals surface area contributed by atoms with E-state index in [9.17, 15) is 0 Å². The summed E-state index contributed by atoms with van der Waals surface area (Å²) in [6, 6.07) is 0. The highest BCUT2D eigenvalue weighted by atomic mass is 16.3. The summed E-state index contributed by atoms with van der Waals surface area (Å²) in [5.74, 6) is 0. The molecule has 1 rings (SSSR count). The molecule has 2 N–H and O–H groups in total. The van der Waals surface area contributed by atoms with E-state index in [2.05, 4.69) is 11.4 Å². The molecule has 0 saturated carbocycles. The minimum absolute atomic E-state index is 0.198. The van der Waals surface area contributed by atoms with Crippen molar-refractivity contribution in [3.63, 3.8) is 0 Å². The lowest BCUT2D eigenvalue weighted by Crippen LogP contribution is -2.16. The molecule has 0 aromatic rings. The van der Waals surface area contributed by atoms with Gasteiger partial charge in [-0.15, -0.1) is 0 Å². The van der Waals surface area contributed by atoms with E-state index in [0.717, 1.165) is 12.2 Å². The summed E-state index contributed by atoms with van der Waals surface area (Å²) in [7, 11) is 0. The Kier molecular flexibility index (Phi) is 2.33. The van der Waals surface area contributed by atoms with Crippen molar-refractivity contribution in [3.05, 3.63) is 23.9 Å². The van der Waals surface area contributed by atoms with Gasteiger partial charge in [0.25, 0.3) is 0 Å². The van der Waals surface area contributed by atoms with Crippen LogP contribution in [0.25, 0.3) is 0 Å². The number of hydrogen-bond acceptors (Lipinski definition) is 2. The van der Waals surface area contributed by atoms with Crippen LogP contribution in [0.1, 0.15) is 6.42 Å². The van der Waals surface area contributed by atoms with Crippen molar-refractivity contribution in [2.24, 2.45) is 0 Å². The Morgan fingerprint density at radius 2 is 2.67 bits per heavy atom. The first-order valence-electron chi connectivity index (χ1n) is 3.05. The largest absolute Gasteiger partial charge is 0.396 e. The van der Waals surface area contributed by atoms with Crippen molar-refractivity contribution in [1.29, 1.82) is 0 Å². The quantitative estimate of drug-likeness (QED) is 0.551. The second kappa shape index (κ2) is 3.30. The van der Waals surface area contributed by atoms with Crippen molar-refractivity contribution in [2.45, 2.75) is 6.42 Å². The molecule has 2 heteroatoms. The summed E-state index contributed by atoms with van der Waals surface area (Å²) in [5, 5.41) is 11.6.